The quantitative estimate of drug-likeness (QED) is 0.623. The third-order valence-corrected chi connectivity index (χ3v) is 4.56. The van der Waals surface area contributed by atoms with Gasteiger partial charge in [0.2, 0.25) is 0 Å². The highest BCUT2D eigenvalue weighted by Crippen LogP contribution is 2.64. The molecule has 1 amide bonds. The average molecular weight is 253 g/mol. The van der Waals surface area contributed by atoms with Gasteiger partial charge in [-0.05, 0) is 52.9 Å². The van der Waals surface area contributed by atoms with Crippen molar-refractivity contribution in [3.05, 3.63) is 0 Å². The van der Waals surface area contributed by atoms with E-state index in [1.807, 2.05) is 25.7 Å². The maximum absolute atomic E-state index is 12.0. The number of carbonyl (C=O) groups is 1. The molecule has 2 aliphatic heterocycles. The molecule has 0 radical (unpaired) electrons. The van der Waals surface area contributed by atoms with Crippen molar-refractivity contribution in [3.8, 4) is 0 Å². The van der Waals surface area contributed by atoms with E-state index in [0.717, 1.165) is 25.9 Å². The van der Waals surface area contributed by atoms with Crippen molar-refractivity contribution in [3.63, 3.8) is 0 Å². The van der Waals surface area contributed by atoms with Crippen LogP contribution in [0.5, 0.6) is 0 Å². The van der Waals surface area contributed by atoms with Crippen molar-refractivity contribution in [1.82, 2.24) is 4.90 Å². The van der Waals surface area contributed by atoms with Gasteiger partial charge in [0.15, 0.2) is 0 Å². The van der Waals surface area contributed by atoms with Crippen LogP contribution in [0.1, 0.15) is 52.9 Å². The Morgan fingerprint density at radius 2 is 1.67 bits per heavy atom. The van der Waals surface area contributed by atoms with Gasteiger partial charge in [0.1, 0.15) is 11.2 Å². The predicted octanol–water partition coefficient (Wildman–Crippen LogP) is 2.71. The van der Waals surface area contributed by atoms with Gasteiger partial charge in [0, 0.05) is 13.1 Å². The maximum atomic E-state index is 12.0. The molecule has 2 heterocycles. The van der Waals surface area contributed by atoms with Gasteiger partial charge in [-0.3, -0.25) is 0 Å². The largest absolute Gasteiger partial charge is 0.444 e. The summed E-state index contributed by atoms with van der Waals surface area (Å²) in [6.45, 7) is 7.27. The molecule has 18 heavy (non-hydrogen) atoms. The van der Waals surface area contributed by atoms with Crippen LogP contribution in [0.25, 0.3) is 0 Å². The Kier molecular flexibility index (Phi) is 2.47. The molecule has 3 aliphatic rings. The smallest absolute Gasteiger partial charge is 0.410 e. The number of hydrogen-bond acceptors (Lipinski definition) is 3. The molecule has 0 unspecified atom stereocenters. The zero-order chi connectivity index (χ0) is 13.0. The van der Waals surface area contributed by atoms with Gasteiger partial charge < -0.3 is 14.4 Å². The van der Waals surface area contributed by atoms with Gasteiger partial charge in [0.25, 0.3) is 0 Å². The number of rotatable bonds is 0. The van der Waals surface area contributed by atoms with Crippen LogP contribution in [0.4, 0.5) is 4.79 Å². The summed E-state index contributed by atoms with van der Waals surface area (Å²) in [5, 5.41) is 0. The minimum Gasteiger partial charge on any atom is -0.444 e. The summed E-state index contributed by atoms with van der Waals surface area (Å²) >= 11 is 0. The van der Waals surface area contributed by atoms with Crippen molar-refractivity contribution in [2.75, 3.05) is 13.1 Å². The molecule has 3 rings (SSSR count). The minimum absolute atomic E-state index is 0.115. The number of hydrogen-bond donors (Lipinski definition) is 0. The number of carbonyl (C=O) groups excluding carboxylic acids is 1. The number of nitrogens with zero attached hydrogens (tertiary/aromatic N) is 1. The molecule has 0 aromatic carbocycles. The molecule has 4 nitrogen and oxygen atoms in total. The highest BCUT2D eigenvalue weighted by molar-refractivity contribution is 5.68. The fourth-order valence-electron chi connectivity index (χ4n) is 3.34. The Hall–Kier alpha value is -0.770. The number of fused-ring (bicyclic) bond motifs is 1. The Morgan fingerprint density at radius 1 is 1.11 bits per heavy atom. The van der Waals surface area contributed by atoms with Gasteiger partial charge in [0.05, 0.1) is 5.60 Å². The Balaban J connectivity index is 1.53. The second-order valence-electron chi connectivity index (χ2n) is 6.91. The lowest BCUT2D eigenvalue weighted by atomic mass is 9.72. The first kappa shape index (κ1) is 12.3. The summed E-state index contributed by atoms with van der Waals surface area (Å²) in [5.74, 6) is 0. The van der Waals surface area contributed by atoms with E-state index >= 15 is 0 Å². The lowest BCUT2D eigenvalue weighted by Crippen LogP contribution is -2.47. The predicted molar refractivity (Wildman–Crippen MR) is 67.4 cm³/mol. The lowest BCUT2D eigenvalue weighted by molar-refractivity contribution is 0.0164. The summed E-state index contributed by atoms with van der Waals surface area (Å²) in [5.41, 5.74) is -0.0751. The van der Waals surface area contributed by atoms with Crippen molar-refractivity contribution < 1.29 is 14.3 Å². The van der Waals surface area contributed by atoms with E-state index in [2.05, 4.69) is 0 Å². The third-order valence-electron chi connectivity index (χ3n) is 4.56. The minimum atomic E-state index is -0.405. The summed E-state index contributed by atoms with van der Waals surface area (Å²) in [6.07, 6.45) is 5.52. The maximum Gasteiger partial charge on any atom is 0.410 e. The number of epoxide rings is 1. The second kappa shape index (κ2) is 3.62. The van der Waals surface area contributed by atoms with Crippen LogP contribution >= 0.6 is 0 Å². The molecular weight excluding hydrogens is 230 g/mol. The number of amides is 1. The Labute approximate surface area is 109 Å². The van der Waals surface area contributed by atoms with Crippen LogP contribution in [-0.4, -0.2) is 40.9 Å². The first-order chi connectivity index (χ1) is 8.36. The SMILES string of the molecule is CC(C)(C)OC(=O)N1CCC2(CC1)OC21CCC1. The first-order valence-electron chi connectivity index (χ1n) is 7.04. The summed E-state index contributed by atoms with van der Waals surface area (Å²) in [4.78, 5) is 13.8. The number of likely N-dealkylation sites (tertiary alicyclic amines) is 1. The standard InChI is InChI=1S/C14H23NO3/c1-12(2,3)17-11(16)15-9-7-14(8-10-15)13(18-14)5-4-6-13/h4-10H2,1-3H3. The molecule has 2 spiro atoms. The molecule has 0 bridgehead atoms. The molecule has 3 fully saturated rings. The van der Waals surface area contributed by atoms with Gasteiger partial charge in [-0.2, -0.15) is 0 Å². The normalized spacial score (nSPS) is 28.1. The van der Waals surface area contributed by atoms with Gasteiger partial charge in [-0.15, -0.1) is 0 Å². The van der Waals surface area contributed by atoms with Crippen molar-refractivity contribution in [2.45, 2.75) is 69.7 Å². The van der Waals surface area contributed by atoms with Gasteiger partial charge >= 0.3 is 6.09 Å². The highest BCUT2D eigenvalue weighted by atomic mass is 16.6. The lowest BCUT2D eigenvalue weighted by Gasteiger charge is -2.35. The van der Waals surface area contributed by atoms with Crippen LogP contribution in [-0.2, 0) is 9.47 Å². The summed E-state index contributed by atoms with van der Waals surface area (Å²) in [7, 11) is 0. The third kappa shape index (κ3) is 1.81. The Bertz CT molecular complexity index is 360. The zero-order valence-corrected chi connectivity index (χ0v) is 11.6. The molecule has 4 heteroatoms. The van der Waals surface area contributed by atoms with Crippen LogP contribution in [0.3, 0.4) is 0 Å². The molecule has 0 aromatic rings. The van der Waals surface area contributed by atoms with Crippen LogP contribution in [0, 0.1) is 0 Å². The molecular formula is C14H23NO3. The monoisotopic (exact) mass is 253 g/mol. The number of ether oxygens (including phenoxy) is 2. The van der Waals surface area contributed by atoms with Crippen molar-refractivity contribution in [2.24, 2.45) is 0 Å². The molecule has 0 N–H and O–H groups in total. The Morgan fingerprint density at radius 3 is 2.06 bits per heavy atom. The van der Waals surface area contributed by atoms with E-state index in [1.54, 1.807) is 0 Å². The molecule has 102 valence electrons. The average Bonchev–Trinajstić information content (AvgIpc) is 2.85. The fourth-order valence-corrected chi connectivity index (χ4v) is 3.34. The molecule has 0 atom stereocenters. The second-order valence-corrected chi connectivity index (χ2v) is 6.91. The molecule has 1 aliphatic carbocycles. The van der Waals surface area contributed by atoms with E-state index in [4.69, 9.17) is 9.47 Å². The van der Waals surface area contributed by atoms with Crippen molar-refractivity contribution >= 4 is 6.09 Å². The molecule has 2 saturated heterocycles. The topological polar surface area (TPSA) is 42.1 Å². The summed E-state index contributed by atoms with van der Waals surface area (Å²) < 4.78 is 11.4. The van der Waals surface area contributed by atoms with E-state index in [-0.39, 0.29) is 17.3 Å². The van der Waals surface area contributed by atoms with Gasteiger partial charge in [-0.25, -0.2) is 4.79 Å². The molecule has 1 saturated carbocycles. The van der Waals surface area contributed by atoms with Crippen molar-refractivity contribution in [1.29, 1.82) is 0 Å². The van der Waals surface area contributed by atoms with Crippen LogP contribution in [0.15, 0.2) is 0 Å². The van der Waals surface area contributed by atoms with E-state index < -0.39 is 5.60 Å². The highest BCUT2D eigenvalue weighted by Gasteiger charge is 2.72. The molecule has 0 aromatic heterocycles. The summed E-state index contributed by atoms with van der Waals surface area (Å²) in [6, 6.07) is 0. The van der Waals surface area contributed by atoms with Gasteiger partial charge in [-0.1, -0.05) is 0 Å². The van der Waals surface area contributed by atoms with Crippen LogP contribution in [0.2, 0.25) is 0 Å². The number of piperidine rings is 1. The fraction of sp³-hybridized carbons (Fsp3) is 0.929. The van der Waals surface area contributed by atoms with Crippen LogP contribution < -0.4 is 0 Å². The van der Waals surface area contributed by atoms with E-state index in [9.17, 15) is 4.79 Å². The van der Waals surface area contributed by atoms with E-state index in [0.29, 0.717) is 0 Å². The van der Waals surface area contributed by atoms with E-state index in [1.165, 1.54) is 19.3 Å². The zero-order valence-electron chi connectivity index (χ0n) is 11.6. The first-order valence-corrected chi connectivity index (χ1v) is 7.04.